The molecule has 2 aromatic carbocycles. The molecule has 1 aromatic heterocycles. The Bertz CT molecular complexity index is 986. The highest BCUT2D eigenvalue weighted by atomic mass is 16.5. The van der Waals surface area contributed by atoms with Gasteiger partial charge < -0.3 is 9.42 Å². The van der Waals surface area contributed by atoms with E-state index in [1.54, 1.807) is 0 Å². The summed E-state index contributed by atoms with van der Waals surface area (Å²) in [7, 11) is 1.89. The van der Waals surface area contributed by atoms with Gasteiger partial charge in [0.25, 0.3) is 0 Å². The van der Waals surface area contributed by atoms with E-state index in [1.165, 1.54) is 0 Å². The summed E-state index contributed by atoms with van der Waals surface area (Å²) in [5.74, 6) is 1.43. The van der Waals surface area contributed by atoms with Crippen LogP contribution in [-0.2, 0) is 17.9 Å². The van der Waals surface area contributed by atoms with E-state index in [1.807, 2.05) is 61.3 Å². The fourth-order valence-corrected chi connectivity index (χ4v) is 4.09. The summed E-state index contributed by atoms with van der Waals surface area (Å²) >= 11 is 0. The van der Waals surface area contributed by atoms with Gasteiger partial charge in [0.2, 0.25) is 17.6 Å². The molecule has 1 saturated heterocycles. The Balaban J connectivity index is 1.36. The summed E-state index contributed by atoms with van der Waals surface area (Å²) < 4.78 is 5.50. The molecular weight excluding hydrogens is 376 g/mol. The zero-order valence-electron chi connectivity index (χ0n) is 17.6. The van der Waals surface area contributed by atoms with E-state index in [-0.39, 0.29) is 11.8 Å². The standard InChI is InChI=1S/C24H28N4O2/c1-18-9-6-7-13-21(18)23-25-22(30-26-23)17-28-14-8-12-20(16-28)24(29)27(2)15-19-10-4-3-5-11-19/h3-7,9-11,13,20H,8,12,14-17H2,1-2H3. The van der Waals surface area contributed by atoms with Crippen LogP contribution < -0.4 is 0 Å². The minimum Gasteiger partial charge on any atom is -0.341 e. The first kappa shape index (κ1) is 20.3. The van der Waals surface area contributed by atoms with E-state index in [2.05, 4.69) is 27.2 Å². The van der Waals surface area contributed by atoms with Crippen LogP contribution in [0.4, 0.5) is 0 Å². The lowest BCUT2D eigenvalue weighted by molar-refractivity contribution is -0.136. The van der Waals surface area contributed by atoms with Gasteiger partial charge in [0, 0.05) is 25.7 Å². The van der Waals surface area contributed by atoms with Gasteiger partial charge in [-0.15, -0.1) is 0 Å². The van der Waals surface area contributed by atoms with E-state index < -0.39 is 0 Å². The van der Waals surface area contributed by atoms with Crippen molar-refractivity contribution >= 4 is 5.91 Å². The van der Waals surface area contributed by atoms with Crippen LogP contribution >= 0.6 is 0 Å². The average Bonchev–Trinajstić information content (AvgIpc) is 3.22. The molecule has 156 valence electrons. The number of amides is 1. The predicted octanol–water partition coefficient (Wildman–Crippen LogP) is 3.92. The summed E-state index contributed by atoms with van der Waals surface area (Å²) in [4.78, 5) is 21.6. The number of aryl methyl sites for hydroxylation is 1. The number of carbonyl (C=O) groups excluding carboxylic acids is 1. The molecule has 1 atom stereocenters. The largest absolute Gasteiger partial charge is 0.341 e. The molecule has 0 radical (unpaired) electrons. The van der Waals surface area contributed by atoms with Crippen molar-refractivity contribution in [3.63, 3.8) is 0 Å². The second-order valence-corrected chi connectivity index (χ2v) is 8.08. The topological polar surface area (TPSA) is 62.5 Å². The molecule has 6 heteroatoms. The molecule has 1 unspecified atom stereocenters. The summed E-state index contributed by atoms with van der Waals surface area (Å²) in [6.07, 6.45) is 1.92. The fourth-order valence-electron chi connectivity index (χ4n) is 4.09. The Labute approximate surface area is 177 Å². The third-order valence-corrected chi connectivity index (χ3v) is 5.71. The molecular formula is C24H28N4O2. The summed E-state index contributed by atoms with van der Waals surface area (Å²) in [5.41, 5.74) is 3.26. The van der Waals surface area contributed by atoms with Crippen molar-refractivity contribution in [2.75, 3.05) is 20.1 Å². The van der Waals surface area contributed by atoms with Crippen LogP contribution in [0.1, 0.15) is 29.9 Å². The second kappa shape index (κ2) is 9.22. The molecule has 2 heterocycles. The lowest BCUT2D eigenvalue weighted by atomic mass is 9.96. The Morgan fingerprint density at radius 1 is 1.17 bits per heavy atom. The predicted molar refractivity (Wildman–Crippen MR) is 115 cm³/mol. The van der Waals surface area contributed by atoms with Gasteiger partial charge >= 0.3 is 0 Å². The maximum absolute atomic E-state index is 13.0. The summed E-state index contributed by atoms with van der Waals surface area (Å²) in [5, 5.41) is 4.15. The van der Waals surface area contributed by atoms with Crippen LogP contribution in [0.5, 0.6) is 0 Å². The number of hydrogen-bond donors (Lipinski definition) is 0. The Kier molecular flexibility index (Phi) is 6.23. The molecule has 0 saturated carbocycles. The number of hydrogen-bond acceptors (Lipinski definition) is 5. The molecule has 6 nitrogen and oxygen atoms in total. The summed E-state index contributed by atoms with van der Waals surface area (Å²) in [6.45, 7) is 4.91. The van der Waals surface area contributed by atoms with Crippen LogP contribution in [0.15, 0.2) is 59.1 Å². The zero-order chi connectivity index (χ0) is 20.9. The molecule has 1 fully saturated rings. The SMILES string of the molecule is Cc1ccccc1-c1noc(CN2CCCC(C(=O)N(C)Cc3ccccc3)C2)n1. The number of aromatic nitrogens is 2. The Morgan fingerprint density at radius 3 is 2.73 bits per heavy atom. The van der Waals surface area contributed by atoms with E-state index >= 15 is 0 Å². The number of piperidine rings is 1. The normalized spacial score (nSPS) is 17.1. The number of rotatable bonds is 6. The van der Waals surface area contributed by atoms with Crippen molar-refractivity contribution in [2.45, 2.75) is 32.9 Å². The minimum absolute atomic E-state index is 0.00576. The Morgan fingerprint density at radius 2 is 1.93 bits per heavy atom. The molecule has 0 bridgehead atoms. The maximum Gasteiger partial charge on any atom is 0.241 e. The van der Waals surface area contributed by atoms with E-state index in [9.17, 15) is 4.79 Å². The average molecular weight is 405 g/mol. The first-order valence-corrected chi connectivity index (χ1v) is 10.5. The molecule has 0 spiro atoms. The third-order valence-electron chi connectivity index (χ3n) is 5.71. The molecule has 4 rings (SSSR count). The van der Waals surface area contributed by atoms with Gasteiger partial charge in [-0.25, -0.2) is 0 Å². The number of benzene rings is 2. The van der Waals surface area contributed by atoms with Crippen LogP contribution in [0.25, 0.3) is 11.4 Å². The summed E-state index contributed by atoms with van der Waals surface area (Å²) in [6, 6.07) is 18.1. The lowest BCUT2D eigenvalue weighted by Crippen LogP contribution is -2.43. The molecule has 0 aliphatic carbocycles. The molecule has 1 aliphatic heterocycles. The second-order valence-electron chi connectivity index (χ2n) is 8.08. The molecule has 1 aliphatic rings. The molecule has 1 amide bonds. The van der Waals surface area contributed by atoms with Gasteiger partial charge in [-0.2, -0.15) is 4.98 Å². The first-order valence-electron chi connectivity index (χ1n) is 10.5. The highest BCUT2D eigenvalue weighted by Gasteiger charge is 2.29. The van der Waals surface area contributed by atoms with Gasteiger partial charge in [-0.1, -0.05) is 59.8 Å². The van der Waals surface area contributed by atoms with E-state index in [4.69, 9.17) is 4.52 Å². The van der Waals surface area contributed by atoms with Gasteiger partial charge in [-0.3, -0.25) is 9.69 Å². The highest BCUT2D eigenvalue weighted by Crippen LogP contribution is 2.23. The molecule has 3 aromatic rings. The lowest BCUT2D eigenvalue weighted by Gasteiger charge is -2.33. The van der Waals surface area contributed by atoms with Crippen LogP contribution in [-0.4, -0.2) is 46.0 Å². The van der Waals surface area contributed by atoms with Gasteiger partial charge in [0.05, 0.1) is 12.5 Å². The van der Waals surface area contributed by atoms with Crippen molar-refractivity contribution in [1.82, 2.24) is 19.9 Å². The van der Waals surface area contributed by atoms with Crippen LogP contribution in [0, 0.1) is 12.8 Å². The number of likely N-dealkylation sites (tertiary alicyclic amines) is 1. The van der Waals surface area contributed by atoms with E-state index in [0.717, 1.165) is 42.6 Å². The van der Waals surface area contributed by atoms with Crippen molar-refractivity contribution in [3.05, 3.63) is 71.6 Å². The molecule has 30 heavy (non-hydrogen) atoms. The van der Waals surface area contributed by atoms with Gasteiger partial charge in [-0.05, 0) is 37.4 Å². The van der Waals surface area contributed by atoms with Crippen LogP contribution in [0.2, 0.25) is 0 Å². The van der Waals surface area contributed by atoms with Crippen molar-refractivity contribution in [1.29, 1.82) is 0 Å². The van der Waals surface area contributed by atoms with Gasteiger partial charge in [0.1, 0.15) is 0 Å². The van der Waals surface area contributed by atoms with Crippen molar-refractivity contribution in [2.24, 2.45) is 5.92 Å². The number of nitrogens with zero attached hydrogens (tertiary/aromatic N) is 4. The van der Waals surface area contributed by atoms with Gasteiger partial charge in [0.15, 0.2) is 0 Å². The monoisotopic (exact) mass is 404 g/mol. The maximum atomic E-state index is 13.0. The zero-order valence-corrected chi connectivity index (χ0v) is 17.6. The first-order chi connectivity index (χ1) is 14.6. The third kappa shape index (κ3) is 4.76. The quantitative estimate of drug-likeness (QED) is 0.623. The van der Waals surface area contributed by atoms with Crippen molar-refractivity contribution < 1.29 is 9.32 Å². The van der Waals surface area contributed by atoms with Crippen LogP contribution in [0.3, 0.4) is 0 Å². The fraction of sp³-hybridized carbons (Fsp3) is 0.375. The highest BCUT2D eigenvalue weighted by molar-refractivity contribution is 5.79. The Hall–Kier alpha value is -2.99. The van der Waals surface area contributed by atoms with E-state index in [0.29, 0.717) is 24.8 Å². The minimum atomic E-state index is 0.00576. The van der Waals surface area contributed by atoms with Crippen molar-refractivity contribution in [3.8, 4) is 11.4 Å². The molecule has 0 N–H and O–H groups in total. The number of carbonyl (C=O) groups is 1. The smallest absolute Gasteiger partial charge is 0.241 e.